The molecule has 0 saturated heterocycles. The maximum absolute atomic E-state index is 13.4. The van der Waals surface area contributed by atoms with E-state index in [1.165, 1.54) is 10.6 Å². The van der Waals surface area contributed by atoms with Crippen LogP contribution in [-0.4, -0.2) is 43.6 Å². The Morgan fingerprint density at radius 1 is 1.11 bits per heavy atom. The maximum Gasteiger partial charge on any atom is 0.416 e. The lowest BCUT2D eigenvalue weighted by atomic mass is 9.76. The molecule has 186 valence electrons. The number of fused-ring (bicyclic) bond motifs is 2. The van der Waals surface area contributed by atoms with Crippen molar-refractivity contribution in [1.29, 1.82) is 0 Å². The zero-order valence-corrected chi connectivity index (χ0v) is 19.5. The SMILES string of the molecule is Cc1cn(-c2ccc3n(c2=O)CCN(CC2=CC4(CCC4)Oc4ccc(C(F)(F)F)cc42)C3=O)cn1. The fraction of sp³-hybridized carbons (Fsp3) is 0.346. The Balaban J connectivity index is 1.33. The average molecular weight is 496 g/mol. The number of halogens is 3. The summed E-state index contributed by atoms with van der Waals surface area (Å²) in [6, 6.07) is 6.71. The first-order chi connectivity index (χ1) is 17.1. The van der Waals surface area contributed by atoms with Crippen LogP contribution in [0.2, 0.25) is 0 Å². The molecule has 2 aliphatic heterocycles. The number of alkyl halides is 3. The van der Waals surface area contributed by atoms with Gasteiger partial charge in [-0.3, -0.25) is 9.59 Å². The third-order valence-electron chi connectivity index (χ3n) is 7.21. The lowest BCUT2D eigenvalue weighted by Gasteiger charge is -2.44. The number of amides is 1. The monoisotopic (exact) mass is 496 g/mol. The van der Waals surface area contributed by atoms with Crippen LogP contribution in [0.5, 0.6) is 5.75 Å². The van der Waals surface area contributed by atoms with Gasteiger partial charge in [0.1, 0.15) is 22.7 Å². The minimum Gasteiger partial charge on any atom is -0.483 e. The zero-order chi connectivity index (χ0) is 25.2. The van der Waals surface area contributed by atoms with E-state index in [1.807, 2.05) is 13.0 Å². The summed E-state index contributed by atoms with van der Waals surface area (Å²) in [4.78, 5) is 32.2. The Bertz CT molecular complexity index is 1480. The van der Waals surface area contributed by atoms with E-state index in [1.54, 1.807) is 34.1 Å². The summed E-state index contributed by atoms with van der Waals surface area (Å²) in [6.07, 6.45) is 3.21. The smallest absolute Gasteiger partial charge is 0.416 e. The second-order valence-corrected chi connectivity index (χ2v) is 9.61. The van der Waals surface area contributed by atoms with Crippen molar-refractivity contribution in [1.82, 2.24) is 19.0 Å². The second kappa shape index (κ2) is 7.84. The number of hydrogen-bond donors (Lipinski definition) is 0. The van der Waals surface area contributed by atoms with E-state index in [9.17, 15) is 22.8 Å². The Hall–Kier alpha value is -3.82. The molecule has 2 aromatic heterocycles. The number of benzene rings is 1. The zero-order valence-electron chi connectivity index (χ0n) is 19.5. The molecule has 1 aromatic carbocycles. The van der Waals surface area contributed by atoms with Crippen LogP contribution in [0.3, 0.4) is 0 Å². The van der Waals surface area contributed by atoms with Crippen LogP contribution in [0, 0.1) is 6.92 Å². The number of rotatable bonds is 3. The molecule has 7 nitrogen and oxygen atoms in total. The molecule has 6 rings (SSSR count). The summed E-state index contributed by atoms with van der Waals surface area (Å²) in [7, 11) is 0. The highest BCUT2D eigenvalue weighted by atomic mass is 19.4. The predicted octanol–water partition coefficient (Wildman–Crippen LogP) is 4.22. The molecule has 10 heteroatoms. The molecule has 4 heterocycles. The molecule has 0 N–H and O–H groups in total. The van der Waals surface area contributed by atoms with E-state index >= 15 is 0 Å². The highest BCUT2D eigenvalue weighted by Crippen LogP contribution is 2.47. The van der Waals surface area contributed by atoms with Crippen molar-refractivity contribution in [2.24, 2.45) is 0 Å². The van der Waals surface area contributed by atoms with Crippen LogP contribution in [0.15, 0.2) is 53.7 Å². The lowest BCUT2D eigenvalue weighted by Crippen LogP contribution is -2.47. The van der Waals surface area contributed by atoms with Crippen molar-refractivity contribution in [3.63, 3.8) is 0 Å². The van der Waals surface area contributed by atoms with E-state index in [2.05, 4.69) is 4.98 Å². The summed E-state index contributed by atoms with van der Waals surface area (Å²) < 4.78 is 49.5. The lowest BCUT2D eigenvalue weighted by molar-refractivity contribution is -0.137. The predicted molar refractivity (Wildman–Crippen MR) is 125 cm³/mol. The van der Waals surface area contributed by atoms with E-state index in [0.717, 1.165) is 37.1 Å². The van der Waals surface area contributed by atoms with Gasteiger partial charge in [-0.25, -0.2) is 4.98 Å². The number of aryl methyl sites for hydroxylation is 1. The van der Waals surface area contributed by atoms with Gasteiger partial charge in [0.2, 0.25) is 0 Å². The van der Waals surface area contributed by atoms with E-state index < -0.39 is 17.3 Å². The van der Waals surface area contributed by atoms with E-state index in [4.69, 9.17) is 4.74 Å². The Morgan fingerprint density at radius 3 is 2.58 bits per heavy atom. The van der Waals surface area contributed by atoms with Crippen LogP contribution < -0.4 is 10.3 Å². The third-order valence-corrected chi connectivity index (χ3v) is 7.21. The van der Waals surface area contributed by atoms with Crippen LogP contribution in [-0.2, 0) is 12.7 Å². The molecular formula is C26H23F3N4O3. The highest BCUT2D eigenvalue weighted by molar-refractivity contribution is 5.94. The fourth-order valence-corrected chi connectivity index (χ4v) is 5.16. The topological polar surface area (TPSA) is 69.4 Å². The minimum atomic E-state index is -4.49. The van der Waals surface area contributed by atoms with Gasteiger partial charge in [-0.1, -0.05) is 0 Å². The number of pyridine rings is 1. The summed E-state index contributed by atoms with van der Waals surface area (Å²) >= 11 is 0. The van der Waals surface area contributed by atoms with Crippen LogP contribution >= 0.6 is 0 Å². The molecule has 3 aliphatic rings. The van der Waals surface area contributed by atoms with Gasteiger partial charge in [0.25, 0.3) is 11.5 Å². The summed E-state index contributed by atoms with van der Waals surface area (Å²) in [6.45, 7) is 2.50. The van der Waals surface area contributed by atoms with Crippen molar-refractivity contribution in [3.05, 3.63) is 81.8 Å². The molecule has 1 fully saturated rings. The highest BCUT2D eigenvalue weighted by Gasteiger charge is 2.42. The molecule has 0 unspecified atom stereocenters. The van der Waals surface area contributed by atoms with E-state index in [0.29, 0.717) is 22.6 Å². The van der Waals surface area contributed by atoms with Crippen LogP contribution in [0.25, 0.3) is 11.3 Å². The summed E-state index contributed by atoms with van der Waals surface area (Å²) in [5, 5.41) is 0. The molecule has 3 aromatic rings. The van der Waals surface area contributed by atoms with Crippen molar-refractivity contribution < 1.29 is 22.7 Å². The molecule has 1 aliphatic carbocycles. The maximum atomic E-state index is 13.4. The molecule has 0 atom stereocenters. The van der Waals surface area contributed by atoms with Gasteiger partial charge in [-0.2, -0.15) is 13.2 Å². The van der Waals surface area contributed by atoms with Crippen LogP contribution in [0.4, 0.5) is 13.2 Å². The Morgan fingerprint density at radius 2 is 1.92 bits per heavy atom. The summed E-state index contributed by atoms with van der Waals surface area (Å²) in [5.41, 5.74) is 0.813. The first kappa shape index (κ1) is 22.6. The number of ether oxygens (including phenoxy) is 1. The van der Waals surface area contributed by atoms with Crippen molar-refractivity contribution in [2.45, 2.75) is 44.5 Å². The number of carbonyl (C=O) groups excluding carboxylic acids is 1. The summed E-state index contributed by atoms with van der Waals surface area (Å²) in [5.74, 6) is 0.0665. The molecule has 1 spiro atoms. The van der Waals surface area contributed by atoms with Gasteiger partial charge in [0.05, 0.1) is 17.6 Å². The number of carbonyl (C=O) groups is 1. The van der Waals surface area contributed by atoms with Crippen molar-refractivity contribution in [2.75, 3.05) is 13.1 Å². The minimum absolute atomic E-state index is 0.134. The number of imidazole rings is 1. The Labute approximate surface area is 204 Å². The number of nitrogens with zero attached hydrogens (tertiary/aromatic N) is 4. The molecule has 36 heavy (non-hydrogen) atoms. The number of aromatic nitrogens is 3. The van der Waals surface area contributed by atoms with Gasteiger partial charge < -0.3 is 18.8 Å². The standard InChI is InChI=1S/C26H23F3N4O3/c1-16-13-32(15-30-16)20-4-5-21-23(34)31(9-10-33(21)24(20)35)14-17-12-25(7-2-8-25)36-22-6-3-18(11-19(17)22)26(27,28)29/h3-6,11-13,15H,2,7-10,14H2,1H3. The molecular weight excluding hydrogens is 473 g/mol. The fourth-order valence-electron chi connectivity index (χ4n) is 5.16. The van der Waals surface area contributed by atoms with Gasteiger partial charge in [0.15, 0.2) is 0 Å². The van der Waals surface area contributed by atoms with E-state index in [-0.39, 0.29) is 36.8 Å². The molecule has 1 saturated carbocycles. The third kappa shape index (κ3) is 3.63. The van der Waals surface area contributed by atoms with Gasteiger partial charge in [0, 0.05) is 31.4 Å². The number of hydrogen-bond acceptors (Lipinski definition) is 4. The van der Waals surface area contributed by atoms with Crippen LogP contribution in [0.1, 0.15) is 46.6 Å². The van der Waals surface area contributed by atoms with Gasteiger partial charge >= 0.3 is 6.18 Å². The average Bonchev–Trinajstić information content (AvgIpc) is 3.25. The Kier molecular flexibility index (Phi) is 4.93. The quantitative estimate of drug-likeness (QED) is 0.545. The normalized spacial score (nSPS) is 18.3. The van der Waals surface area contributed by atoms with Crippen molar-refractivity contribution >= 4 is 11.5 Å². The first-order valence-electron chi connectivity index (χ1n) is 11.8. The largest absolute Gasteiger partial charge is 0.483 e. The van der Waals surface area contributed by atoms with Crippen molar-refractivity contribution in [3.8, 4) is 11.4 Å². The molecule has 0 bridgehead atoms. The second-order valence-electron chi connectivity index (χ2n) is 9.61. The van der Waals surface area contributed by atoms with Gasteiger partial charge in [-0.15, -0.1) is 0 Å². The first-order valence-corrected chi connectivity index (χ1v) is 11.8. The molecule has 0 radical (unpaired) electrons. The van der Waals surface area contributed by atoms with Gasteiger partial charge in [-0.05, 0) is 68.2 Å². The molecule has 1 amide bonds.